The van der Waals surface area contributed by atoms with Gasteiger partial charge in [0.15, 0.2) is 0 Å². The Morgan fingerprint density at radius 2 is 0.943 bits per heavy atom. The van der Waals surface area contributed by atoms with E-state index in [0.29, 0.717) is 0 Å². The zero-order valence-corrected chi connectivity index (χ0v) is 20.8. The Kier molecular flexibility index (Phi) is 19.7. The normalized spacial score (nSPS) is 10.7. The molecular formula is C23H33NO11. The van der Waals surface area contributed by atoms with Gasteiger partial charge in [-0.3, -0.25) is 24.0 Å². The van der Waals surface area contributed by atoms with Gasteiger partial charge in [-0.25, -0.2) is 9.59 Å². The molecule has 0 aromatic carbocycles. The topological polar surface area (TPSA) is 182 Å². The molecule has 0 saturated heterocycles. The van der Waals surface area contributed by atoms with E-state index in [1.807, 2.05) is 0 Å². The van der Waals surface area contributed by atoms with Crippen molar-refractivity contribution in [2.75, 3.05) is 0 Å². The molecule has 0 aliphatic heterocycles. The molecule has 196 valence electrons. The number of hydrogen-bond donors (Lipinski definition) is 1. The lowest BCUT2D eigenvalue weighted by Crippen LogP contribution is -2.22. The molecule has 0 fully saturated rings. The summed E-state index contributed by atoms with van der Waals surface area (Å²) in [6, 6.07) is 0. The average Bonchev–Trinajstić information content (AvgIpc) is 2.66. The predicted molar refractivity (Wildman–Crippen MR) is 123 cm³/mol. The Labute approximate surface area is 204 Å². The molecule has 0 rings (SSSR count). The number of ether oxygens (including phenoxy) is 4. The van der Waals surface area contributed by atoms with Gasteiger partial charge in [-0.15, -0.1) is 0 Å². The van der Waals surface area contributed by atoms with Crippen molar-refractivity contribution in [3.8, 4) is 0 Å². The van der Waals surface area contributed by atoms with Crippen LogP contribution in [0.1, 0.15) is 54.4 Å². The fourth-order valence-electron chi connectivity index (χ4n) is 1.41. The van der Waals surface area contributed by atoms with Crippen molar-refractivity contribution >= 4 is 41.4 Å². The first-order chi connectivity index (χ1) is 15.9. The molecular weight excluding hydrogens is 466 g/mol. The molecule has 0 bridgehead atoms. The molecule has 0 heterocycles. The van der Waals surface area contributed by atoms with E-state index in [2.05, 4.69) is 44.4 Å². The zero-order chi connectivity index (χ0) is 28.3. The fraction of sp³-hybridized carbons (Fsp3) is 0.435. The molecule has 2 atom stereocenters. The minimum absolute atomic E-state index is 0.212. The molecule has 0 aromatic rings. The largest absolute Gasteiger partial charge is 0.425 e. The van der Waals surface area contributed by atoms with Crippen molar-refractivity contribution in [2.24, 2.45) is 5.73 Å². The molecule has 12 heteroatoms. The van der Waals surface area contributed by atoms with E-state index in [9.17, 15) is 33.6 Å². The van der Waals surface area contributed by atoms with Crippen LogP contribution in [0, 0.1) is 0 Å². The first-order valence-corrected chi connectivity index (χ1v) is 9.95. The molecule has 0 radical (unpaired) electrons. The second-order valence-electron chi connectivity index (χ2n) is 6.85. The number of Topliss-reactive ketones (excluding diaryl/α,β-unsaturated/α-hetero) is 2. The number of primary amides is 1. The predicted octanol–water partition coefficient (Wildman–Crippen LogP) is 1.61. The molecule has 2 N–H and O–H groups in total. The number of carbonyl (C=O) groups is 7. The van der Waals surface area contributed by atoms with Crippen LogP contribution < -0.4 is 5.73 Å². The van der Waals surface area contributed by atoms with Gasteiger partial charge in [-0.05, 0) is 33.8 Å². The van der Waals surface area contributed by atoms with Crippen LogP contribution in [0.3, 0.4) is 0 Å². The highest BCUT2D eigenvalue weighted by Gasteiger charge is 2.16. The maximum absolute atomic E-state index is 11.0. The van der Waals surface area contributed by atoms with Gasteiger partial charge < -0.3 is 24.7 Å². The van der Waals surface area contributed by atoms with Crippen LogP contribution in [0.5, 0.6) is 0 Å². The van der Waals surface area contributed by atoms with E-state index in [1.165, 1.54) is 41.5 Å². The highest BCUT2D eigenvalue weighted by molar-refractivity contribution is 5.94. The van der Waals surface area contributed by atoms with Gasteiger partial charge >= 0.3 is 23.9 Å². The fourth-order valence-corrected chi connectivity index (χ4v) is 1.41. The minimum Gasteiger partial charge on any atom is -0.425 e. The Balaban J connectivity index is -0.000000491. The summed E-state index contributed by atoms with van der Waals surface area (Å²) >= 11 is 0. The molecule has 0 aliphatic rings. The van der Waals surface area contributed by atoms with Crippen molar-refractivity contribution in [3.05, 3.63) is 37.0 Å². The number of ketones is 2. The number of carbonyl (C=O) groups excluding carboxylic acids is 7. The van der Waals surface area contributed by atoms with E-state index in [0.717, 1.165) is 6.08 Å². The third-order valence-electron chi connectivity index (χ3n) is 2.83. The first-order valence-electron chi connectivity index (χ1n) is 9.95. The molecule has 12 nitrogen and oxygen atoms in total. The standard InChI is InChI=1S/2C10H14O5.C3H5NO/c2*1-6(2)10(13)15-8(4)14-9(12)5-7(3)11;1-2-3(4)5/h2*8H,1,5H2,2-4H3;2H,1H2,(H2,4,5). The molecule has 35 heavy (non-hydrogen) atoms. The van der Waals surface area contributed by atoms with Crippen molar-refractivity contribution in [1.29, 1.82) is 0 Å². The number of hydrogen-bond acceptors (Lipinski definition) is 11. The summed E-state index contributed by atoms with van der Waals surface area (Å²) in [5, 5.41) is 0. The summed E-state index contributed by atoms with van der Waals surface area (Å²) < 4.78 is 18.6. The lowest BCUT2D eigenvalue weighted by Gasteiger charge is -2.13. The van der Waals surface area contributed by atoms with Gasteiger partial charge in [0.2, 0.25) is 18.5 Å². The highest BCUT2D eigenvalue weighted by atomic mass is 16.7. The van der Waals surface area contributed by atoms with E-state index in [-0.39, 0.29) is 35.6 Å². The van der Waals surface area contributed by atoms with Crippen LogP contribution in [-0.2, 0) is 52.5 Å². The maximum Gasteiger partial charge on any atom is 0.336 e. The van der Waals surface area contributed by atoms with Crippen LogP contribution in [0.4, 0.5) is 0 Å². The van der Waals surface area contributed by atoms with E-state index in [4.69, 9.17) is 0 Å². The average molecular weight is 500 g/mol. The van der Waals surface area contributed by atoms with Gasteiger partial charge in [-0.2, -0.15) is 0 Å². The molecule has 0 spiro atoms. The summed E-state index contributed by atoms with van der Waals surface area (Å²) in [5.74, 6) is -3.81. The van der Waals surface area contributed by atoms with Crippen molar-refractivity contribution < 1.29 is 52.5 Å². The Morgan fingerprint density at radius 1 is 0.686 bits per heavy atom. The third kappa shape index (κ3) is 26.0. The Hall–Kier alpha value is -4.09. The number of nitrogens with two attached hydrogens (primary N) is 1. The second-order valence-corrected chi connectivity index (χ2v) is 6.85. The van der Waals surface area contributed by atoms with Crippen LogP contribution >= 0.6 is 0 Å². The van der Waals surface area contributed by atoms with Gasteiger partial charge in [0.1, 0.15) is 24.4 Å². The summed E-state index contributed by atoms with van der Waals surface area (Å²) in [4.78, 5) is 74.4. The number of esters is 4. The van der Waals surface area contributed by atoms with Crippen LogP contribution in [0.25, 0.3) is 0 Å². The van der Waals surface area contributed by atoms with Gasteiger partial charge in [0, 0.05) is 25.0 Å². The van der Waals surface area contributed by atoms with E-state index in [1.54, 1.807) is 0 Å². The van der Waals surface area contributed by atoms with Crippen molar-refractivity contribution in [2.45, 2.75) is 67.0 Å². The van der Waals surface area contributed by atoms with E-state index < -0.39 is 42.4 Å². The van der Waals surface area contributed by atoms with Crippen molar-refractivity contribution in [1.82, 2.24) is 0 Å². The molecule has 0 aliphatic carbocycles. The lowest BCUT2D eigenvalue weighted by atomic mass is 10.3. The van der Waals surface area contributed by atoms with Gasteiger partial charge in [-0.1, -0.05) is 19.7 Å². The van der Waals surface area contributed by atoms with Gasteiger partial charge in [0.05, 0.1) is 0 Å². The van der Waals surface area contributed by atoms with Gasteiger partial charge in [0.25, 0.3) is 0 Å². The monoisotopic (exact) mass is 499 g/mol. The highest BCUT2D eigenvalue weighted by Crippen LogP contribution is 2.02. The second kappa shape index (κ2) is 19.4. The summed E-state index contributed by atoms with van der Waals surface area (Å²) in [6.07, 6.45) is -1.62. The van der Waals surface area contributed by atoms with Crippen LogP contribution in [-0.4, -0.2) is 53.9 Å². The maximum atomic E-state index is 11.0. The Bertz CT molecular complexity index is 782. The smallest absolute Gasteiger partial charge is 0.336 e. The summed E-state index contributed by atoms with van der Waals surface area (Å²) in [5.41, 5.74) is 4.96. The summed E-state index contributed by atoms with van der Waals surface area (Å²) in [6.45, 7) is 18.1. The lowest BCUT2D eigenvalue weighted by molar-refractivity contribution is -0.183. The quantitative estimate of drug-likeness (QED) is 0.188. The molecule has 0 aromatic heterocycles. The SMILES string of the molecule is C=C(C)C(=O)OC(C)OC(=O)CC(C)=O.C=C(C)C(=O)OC(C)OC(=O)CC(C)=O.C=CC(N)=O. The van der Waals surface area contributed by atoms with Crippen LogP contribution in [0.2, 0.25) is 0 Å². The summed E-state index contributed by atoms with van der Waals surface area (Å²) in [7, 11) is 0. The third-order valence-corrected chi connectivity index (χ3v) is 2.83. The Morgan fingerprint density at radius 3 is 1.11 bits per heavy atom. The van der Waals surface area contributed by atoms with Crippen molar-refractivity contribution in [3.63, 3.8) is 0 Å². The van der Waals surface area contributed by atoms with Crippen LogP contribution in [0.15, 0.2) is 37.0 Å². The zero-order valence-electron chi connectivity index (χ0n) is 20.8. The number of amides is 1. The van der Waals surface area contributed by atoms with E-state index >= 15 is 0 Å². The number of rotatable bonds is 11. The molecule has 2 unspecified atom stereocenters. The first kappa shape index (κ1) is 35.5. The molecule has 0 saturated carbocycles. The molecule has 1 amide bonds. The minimum atomic E-state index is -1.01.